The van der Waals surface area contributed by atoms with E-state index in [0.29, 0.717) is 19.4 Å². The highest BCUT2D eigenvalue weighted by Crippen LogP contribution is 2.02. The lowest BCUT2D eigenvalue weighted by atomic mass is 10.1. The van der Waals surface area contributed by atoms with Crippen LogP contribution in [0.1, 0.15) is 25.7 Å². The van der Waals surface area contributed by atoms with Gasteiger partial charge in [0.15, 0.2) is 0 Å². The highest BCUT2D eigenvalue weighted by molar-refractivity contribution is 5.95. The Morgan fingerprint density at radius 1 is 0.810 bits per heavy atom. The summed E-state index contributed by atoms with van der Waals surface area (Å²) in [6.07, 6.45) is 16.9. The van der Waals surface area contributed by atoms with E-state index in [2.05, 4.69) is 16.0 Å². The molecule has 0 aromatic rings. The van der Waals surface area contributed by atoms with Gasteiger partial charge in [-0.2, -0.15) is 0 Å². The predicted octanol–water partition coefficient (Wildman–Crippen LogP) is -0.879. The Hall–Kier alpha value is -2.91. The Labute approximate surface area is 124 Å². The summed E-state index contributed by atoms with van der Waals surface area (Å²) in [5.41, 5.74) is 0. The fraction of sp³-hybridized carbons (Fsp3) is 0.400. The quantitative estimate of drug-likeness (QED) is 0.308. The SMILES string of the molecule is C#CC(=O)NCCCCCC(NC(=O)C#C)NC(=O)C#C. The van der Waals surface area contributed by atoms with Gasteiger partial charge < -0.3 is 16.0 Å². The molecule has 0 saturated heterocycles. The number of carbonyl (C=O) groups excluding carboxylic acids is 3. The van der Waals surface area contributed by atoms with E-state index in [1.165, 1.54) is 0 Å². The second kappa shape index (κ2) is 11.0. The minimum absolute atomic E-state index is 0.449. The zero-order chi connectivity index (χ0) is 16.1. The first-order chi connectivity index (χ1) is 10.0. The van der Waals surface area contributed by atoms with Gasteiger partial charge in [0.25, 0.3) is 17.7 Å². The standard InChI is InChI=1S/C15H17N3O3/c1-4-13(19)16-11-9-7-8-10-12(17-14(20)5-2)18-15(21)6-3/h1-3,12H,7-11H2,(H,16,19)(H,17,20)(H,18,21). The normalized spacial score (nSPS) is 8.86. The van der Waals surface area contributed by atoms with Gasteiger partial charge >= 0.3 is 0 Å². The van der Waals surface area contributed by atoms with Crippen LogP contribution in [0.5, 0.6) is 0 Å². The third-order valence-corrected chi connectivity index (χ3v) is 2.46. The van der Waals surface area contributed by atoms with Crippen LogP contribution in [0.4, 0.5) is 0 Å². The van der Waals surface area contributed by atoms with Crippen LogP contribution in [0.15, 0.2) is 0 Å². The molecule has 0 spiro atoms. The lowest BCUT2D eigenvalue weighted by Gasteiger charge is -2.17. The summed E-state index contributed by atoms with van der Waals surface area (Å²) >= 11 is 0. The first-order valence-electron chi connectivity index (χ1n) is 6.32. The van der Waals surface area contributed by atoms with E-state index >= 15 is 0 Å². The number of carbonyl (C=O) groups is 3. The van der Waals surface area contributed by atoms with E-state index in [9.17, 15) is 14.4 Å². The summed E-state index contributed by atoms with van der Waals surface area (Å²) < 4.78 is 0. The van der Waals surface area contributed by atoms with Gasteiger partial charge in [0.1, 0.15) is 6.17 Å². The molecule has 3 amide bonds. The average molecular weight is 287 g/mol. The monoisotopic (exact) mass is 287 g/mol. The number of hydrogen-bond donors (Lipinski definition) is 3. The maximum Gasteiger partial charge on any atom is 0.297 e. The molecule has 0 aromatic heterocycles. The van der Waals surface area contributed by atoms with Gasteiger partial charge in [0, 0.05) is 6.54 Å². The molecule has 6 heteroatoms. The first-order valence-corrected chi connectivity index (χ1v) is 6.32. The van der Waals surface area contributed by atoms with Gasteiger partial charge in [-0.05, 0) is 37.0 Å². The summed E-state index contributed by atoms with van der Waals surface area (Å²) in [4.78, 5) is 33.0. The van der Waals surface area contributed by atoms with Crippen LogP contribution in [-0.4, -0.2) is 30.4 Å². The molecule has 0 rings (SSSR count). The van der Waals surface area contributed by atoms with Gasteiger partial charge in [-0.25, -0.2) is 0 Å². The fourth-order valence-corrected chi connectivity index (χ4v) is 1.48. The van der Waals surface area contributed by atoms with Crippen LogP contribution in [0, 0.1) is 37.0 Å². The molecule has 110 valence electrons. The van der Waals surface area contributed by atoms with Crippen LogP contribution < -0.4 is 16.0 Å². The highest BCUT2D eigenvalue weighted by Gasteiger charge is 2.12. The molecule has 0 radical (unpaired) electrons. The molecule has 21 heavy (non-hydrogen) atoms. The van der Waals surface area contributed by atoms with Crippen molar-refractivity contribution in [3.8, 4) is 37.0 Å². The molecular weight excluding hydrogens is 270 g/mol. The molecule has 0 aliphatic carbocycles. The maximum atomic E-state index is 11.1. The van der Waals surface area contributed by atoms with Gasteiger partial charge in [0.05, 0.1) is 0 Å². The van der Waals surface area contributed by atoms with Crippen molar-refractivity contribution in [2.45, 2.75) is 31.8 Å². The Kier molecular flexibility index (Phi) is 9.44. The predicted molar refractivity (Wildman–Crippen MR) is 78.1 cm³/mol. The molecular formula is C15H17N3O3. The van der Waals surface area contributed by atoms with Crippen molar-refractivity contribution in [2.75, 3.05) is 6.54 Å². The van der Waals surface area contributed by atoms with Crippen LogP contribution in [0.3, 0.4) is 0 Å². The average Bonchev–Trinajstić information content (AvgIpc) is 2.49. The van der Waals surface area contributed by atoms with Crippen LogP contribution in [0.25, 0.3) is 0 Å². The lowest BCUT2D eigenvalue weighted by molar-refractivity contribution is -0.119. The number of nitrogens with one attached hydrogen (secondary N) is 3. The third-order valence-electron chi connectivity index (χ3n) is 2.46. The van der Waals surface area contributed by atoms with Crippen molar-refractivity contribution >= 4 is 17.7 Å². The number of hydrogen-bond acceptors (Lipinski definition) is 3. The van der Waals surface area contributed by atoms with E-state index in [1.807, 2.05) is 17.8 Å². The van der Waals surface area contributed by atoms with E-state index in [-0.39, 0.29) is 0 Å². The van der Waals surface area contributed by atoms with Crippen LogP contribution >= 0.6 is 0 Å². The zero-order valence-corrected chi connectivity index (χ0v) is 11.6. The van der Waals surface area contributed by atoms with Crippen LogP contribution in [-0.2, 0) is 14.4 Å². The molecule has 0 aliphatic heterocycles. The molecule has 0 saturated carbocycles. The van der Waals surface area contributed by atoms with E-state index < -0.39 is 23.9 Å². The van der Waals surface area contributed by atoms with Crippen molar-refractivity contribution in [1.29, 1.82) is 0 Å². The van der Waals surface area contributed by atoms with Crippen molar-refractivity contribution in [2.24, 2.45) is 0 Å². The molecule has 3 N–H and O–H groups in total. The fourth-order valence-electron chi connectivity index (χ4n) is 1.48. The van der Waals surface area contributed by atoms with Gasteiger partial charge in [-0.1, -0.05) is 6.42 Å². The molecule has 0 fully saturated rings. The van der Waals surface area contributed by atoms with Crippen molar-refractivity contribution < 1.29 is 14.4 Å². The van der Waals surface area contributed by atoms with E-state index in [4.69, 9.17) is 19.3 Å². The summed E-state index contributed by atoms with van der Waals surface area (Å²) in [5.74, 6) is 4.04. The molecule has 6 nitrogen and oxygen atoms in total. The topological polar surface area (TPSA) is 87.3 Å². The van der Waals surface area contributed by atoms with E-state index in [1.54, 1.807) is 0 Å². The number of unbranched alkanes of at least 4 members (excludes halogenated alkanes) is 2. The van der Waals surface area contributed by atoms with Crippen molar-refractivity contribution in [1.82, 2.24) is 16.0 Å². The summed E-state index contributed by atoms with van der Waals surface area (Å²) in [6.45, 7) is 0.473. The minimum atomic E-state index is -0.626. The van der Waals surface area contributed by atoms with Gasteiger partial charge in [-0.3, -0.25) is 14.4 Å². The second-order valence-corrected chi connectivity index (χ2v) is 4.04. The maximum absolute atomic E-state index is 11.1. The molecule has 0 aliphatic rings. The van der Waals surface area contributed by atoms with Crippen molar-refractivity contribution in [3.63, 3.8) is 0 Å². The molecule has 0 unspecified atom stereocenters. The smallest absolute Gasteiger partial charge is 0.297 e. The minimum Gasteiger partial charge on any atom is -0.345 e. The molecule has 0 bridgehead atoms. The van der Waals surface area contributed by atoms with Crippen LogP contribution in [0.2, 0.25) is 0 Å². The number of rotatable bonds is 8. The Bertz CT molecular complexity index is 478. The van der Waals surface area contributed by atoms with Gasteiger partial charge in [0.2, 0.25) is 0 Å². The summed E-state index contributed by atoms with van der Waals surface area (Å²) in [5, 5.41) is 7.44. The summed E-state index contributed by atoms with van der Waals surface area (Å²) in [7, 11) is 0. The van der Waals surface area contributed by atoms with Gasteiger partial charge in [-0.15, -0.1) is 19.3 Å². The van der Waals surface area contributed by atoms with Crippen molar-refractivity contribution in [3.05, 3.63) is 0 Å². The largest absolute Gasteiger partial charge is 0.345 e. The molecule has 0 atom stereocenters. The highest BCUT2D eigenvalue weighted by atomic mass is 16.2. The zero-order valence-electron chi connectivity index (χ0n) is 11.6. The number of amides is 3. The summed E-state index contributed by atoms with van der Waals surface area (Å²) in [6, 6.07) is 0. The Balaban J connectivity index is 4.02. The van der Waals surface area contributed by atoms with E-state index in [0.717, 1.165) is 12.8 Å². The Morgan fingerprint density at radius 2 is 1.33 bits per heavy atom. The first kappa shape index (κ1) is 18.1. The molecule has 0 heterocycles. The Morgan fingerprint density at radius 3 is 1.81 bits per heavy atom. The molecule has 0 aromatic carbocycles. The number of terminal acetylenes is 3. The lowest BCUT2D eigenvalue weighted by Crippen LogP contribution is -2.47. The third kappa shape index (κ3) is 9.64. The second-order valence-electron chi connectivity index (χ2n) is 4.04.